The van der Waals surface area contributed by atoms with Crippen LogP contribution in [0.2, 0.25) is 0 Å². The molecule has 0 saturated carbocycles. The van der Waals surface area contributed by atoms with Crippen molar-refractivity contribution in [1.82, 2.24) is 0 Å². The molecular formula is C12H18O4S. The molecule has 5 heteroatoms. The monoisotopic (exact) mass is 258 g/mol. The van der Waals surface area contributed by atoms with Gasteiger partial charge in [0.1, 0.15) is 18.1 Å². The summed E-state index contributed by atoms with van der Waals surface area (Å²) in [5.74, 6) is 0.590. The van der Waals surface area contributed by atoms with Crippen LogP contribution in [0.5, 0.6) is 11.5 Å². The van der Waals surface area contributed by atoms with Gasteiger partial charge in [0.05, 0.1) is 11.0 Å². The van der Waals surface area contributed by atoms with Gasteiger partial charge in [0.15, 0.2) is 9.84 Å². The van der Waals surface area contributed by atoms with E-state index in [-0.39, 0.29) is 18.1 Å². The van der Waals surface area contributed by atoms with Gasteiger partial charge in [0, 0.05) is 6.07 Å². The average Bonchev–Trinajstić information content (AvgIpc) is 2.15. The number of benzene rings is 1. The van der Waals surface area contributed by atoms with E-state index in [1.165, 1.54) is 6.07 Å². The van der Waals surface area contributed by atoms with E-state index in [0.717, 1.165) is 5.56 Å². The lowest BCUT2D eigenvalue weighted by molar-refractivity contribution is 0.338. The van der Waals surface area contributed by atoms with E-state index in [0.29, 0.717) is 5.75 Å². The summed E-state index contributed by atoms with van der Waals surface area (Å²) in [4.78, 5) is 0. The van der Waals surface area contributed by atoms with Gasteiger partial charge in [-0.05, 0) is 38.5 Å². The zero-order valence-electron chi connectivity index (χ0n) is 10.3. The number of phenolic OH excluding ortho intramolecular Hbond substituents is 1. The second kappa shape index (κ2) is 5.40. The Morgan fingerprint density at radius 2 is 1.94 bits per heavy atom. The molecule has 0 fully saturated rings. The van der Waals surface area contributed by atoms with Gasteiger partial charge in [-0.2, -0.15) is 0 Å². The zero-order chi connectivity index (χ0) is 13.1. The molecule has 1 rings (SSSR count). The molecule has 0 aromatic heterocycles. The Balaban J connectivity index is 2.57. The topological polar surface area (TPSA) is 63.6 Å². The maximum atomic E-state index is 11.5. The van der Waals surface area contributed by atoms with Crippen molar-refractivity contribution in [3.63, 3.8) is 0 Å². The third-order valence-electron chi connectivity index (χ3n) is 2.39. The fourth-order valence-electron chi connectivity index (χ4n) is 1.32. The van der Waals surface area contributed by atoms with E-state index in [9.17, 15) is 13.5 Å². The van der Waals surface area contributed by atoms with Crippen LogP contribution in [0.4, 0.5) is 0 Å². The summed E-state index contributed by atoms with van der Waals surface area (Å²) in [6.45, 7) is 5.22. The number of ether oxygens (including phenoxy) is 1. The second-order valence-corrected chi connectivity index (χ2v) is 6.95. The molecule has 0 saturated heterocycles. The smallest absolute Gasteiger partial charge is 0.155 e. The third kappa shape index (κ3) is 4.26. The average molecular weight is 258 g/mol. The van der Waals surface area contributed by atoms with Gasteiger partial charge in [-0.25, -0.2) is 8.42 Å². The molecule has 0 aliphatic heterocycles. The van der Waals surface area contributed by atoms with Crippen molar-refractivity contribution in [2.75, 3.05) is 12.4 Å². The van der Waals surface area contributed by atoms with Crippen molar-refractivity contribution in [2.24, 2.45) is 0 Å². The Kier molecular flexibility index (Phi) is 4.40. The molecule has 0 heterocycles. The molecule has 17 heavy (non-hydrogen) atoms. The summed E-state index contributed by atoms with van der Waals surface area (Å²) in [6, 6.07) is 4.83. The molecule has 96 valence electrons. The van der Waals surface area contributed by atoms with Crippen LogP contribution in [0.3, 0.4) is 0 Å². The van der Waals surface area contributed by atoms with E-state index in [4.69, 9.17) is 4.74 Å². The van der Waals surface area contributed by atoms with Gasteiger partial charge in [-0.15, -0.1) is 0 Å². The number of phenols is 1. The standard InChI is InChI=1S/C12H18O4S/c1-9(2)17(14,15)5-4-16-12-7-10(3)6-11(13)8-12/h6-9,13H,4-5H2,1-3H3. The molecule has 1 N–H and O–H groups in total. The van der Waals surface area contributed by atoms with Crippen molar-refractivity contribution in [1.29, 1.82) is 0 Å². The number of rotatable bonds is 5. The van der Waals surface area contributed by atoms with E-state index in [1.54, 1.807) is 26.0 Å². The molecular weight excluding hydrogens is 240 g/mol. The van der Waals surface area contributed by atoms with Crippen LogP contribution in [0.1, 0.15) is 19.4 Å². The number of hydrogen-bond donors (Lipinski definition) is 1. The van der Waals surface area contributed by atoms with E-state index in [1.807, 2.05) is 6.92 Å². The summed E-state index contributed by atoms with van der Waals surface area (Å²) >= 11 is 0. The summed E-state index contributed by atoms with van der Waals surface area (Å²) in [6.07, 6.45) is 0. The fourth-order valence-corrected chi connectivity index (χ4v) is 2.11. The van der Waals surface area contributed by atoms with Gasteiger partial charge < -0.3 is 9.84 Å². The third-order valence-corrected chi connectivity index (χ3v) is 4.56. The first kappa shape index (κ1) is 13.8. The molecule has 1 aromatic carbocycles. The van der Waals surface area contributed by atoms with Crippen LogP contribution >= 0.6 is 0 Å². The minimum atomic E-state index is -3.08. The normalized spacial score (nSPS) is 11.8. The largest absolute Gasteiger partial charge is 0.508 e. The van der Waals surface area contributed by atoms with Crippen molar-refractivity contribution in [3.05, 3.63) is 23.8 Å². The Morgan fingerprint density at radius 3 is 2.47 bits per heavy atom. The Hall–Kier alpha value is -1.23. The molecule has 0 atom stereocenters. The summed E-state index contributed by atoms with van der Waals surface area (Å²) in [7, 11) is -3.08. The minimum Gasteiger partial charge on any atom is -0.508 e. The van der Waals surface area contributed by atoms with Crippen molar-refractivity contribution in [2.45, 2.75) is 26.0 Å². The summed E-state index contributed by atoms with van der Waals surface area (Å²) < 4.78 is 28.4. The molecule has 4 nitrogen and oxygen atoms in total. The van der Waals surface area contributed by atoms with Gasteiger partial charge in [0.2, 0.25) is 0 Å². The predicted molar refractivity (Wildman–Crippen MR) is 67.3 cm³/mol. The SMILES string of the molecule is Cc1cc(O)cc(OCCS(=O)(=O)C(C)C)c1. The van der Waals surface area contributed by atoms with Crippen LogP contribution in [-0.4, -0.2) is 31.1 Å². The lowest BCUT2D eigenvalue weighted by Gasteiger charge is -2.10. The highest BCUT2D eigenvalue weighted by Gasteiger charge is 2.15. The van der Waals surface area contributed by atoms with Gasteiger partial charge in [-0.3, -0.25) is 0 Å². The van der Waals surface area contributed by atoms with Gasteiger partial charge in [-0.1, -0.05) is 0 Å². The molecule has 1 aromatic rings. The lowest BCUT2D eigenvalue weighted by Crippen LogP contribution is -2.22. The molecule has 0 radical (unpaired) electrons. The van der Waals surface area contributed by atoms with Crippen LogP contribution in [-0.2, 0) is 9.84 Å². The van der Waals surface area contributed by atoms with E-state index in [2.05, 4.69) is 0 Å². The maximum Gasteiger partial charge on any atom is 0.155 e. The number of aryl methyl sites for hydroxylation is 1. The van der Waals surface area contributed by atoms with Crippen molar-refractivity contribution in [3.8, 4) is 11.5 Å². The highest BCUT2D eigenvalue weighted by Crippen LogP contribution is 2.21. The summed E-state index contributed by atoms with van der Waals surface area (Å²) in [5, 5.41) is 8.95. The molecule has 0 aliphatic carbocycles. The molecule has 0 bridgehead atoms. The first-order valence-corrected chi connectivity index (χ1v) is 7.18. The molecule has 0 amide bonds. The Bertz CT molecular complexity index is 457. The van der Waals surface area contributed by atoms with Crippen LogP contribution in [0.25, 0.3) is 0 Å². The van der Waals surface area contributed by atoms with Crippen LogP contribution in [0.15, 0.2) is 18.2 Å². The zero-order valence-corrected chi connectivity index (χ0v) is 11.1. The first-order chi connectivity index (χ1) is 7.81. The highest BCUT2D eigenvalue weighted by molar-refractivity contribution is 7.91. The fraction of sp³-hybridized carbons (Fsp3) is 0.500. The molecule has 0 aliphatic rings. The van der Waals surface area contributed by atoms with Crippen LogP contribution in [0, 0.1) is 6.92 Å². The highest BCUT2D eigenvalue weighted by atomic mass is 32.2. The Morgan fingerprint density at radius 1 is 1.29 bits per heavy atom. The van der Waals surface area contributed by atoms with Crippen molar-refractivity contribution < 1.29 is 18.3 Å². The van der Waals surface area contributed by atoms with E-state index < -0.39 is 15.1 Å². The number of sulfone groups is 1. The predicted octanol–water partition coefficient (Wildman–Crippen LogP) is 1.90. The maximum absolute atomic E-state index is 11.5. The van der Waals surface area contributed by atoms with Gasteiger partial charge >= 0.3 is 0 Å². The van der Waals surface area contributed by atoms with E-state index >= 15 is 0 Å². The summed E-state index contributed by atoms with van der Waals surface area (Å²) in [5.41, 5.74) is 0.867. The molecule has 0 spiro atoms. The van der Waals surface area contributed by atoms with Crippen LogP contribution < -0.4 is 4.74 Å². The van der Waals surface area contributed by atoms with Gasteiger partial charge in [0.25, 0.3) is 0 Å². The first-order valence-electron chi connectivity index (χ1n) is 5.46. The molecule has 0 unspecified atom stereocenters. The number of aromatic hydroxyl groups is 1. The minimum absolute atomic E-state index is 0.0145. The second-order valence-electron chi connectivity index (χ2n) is 4.27. The lowest BCUT2D eigenvalue weighted by atomic mass is 10.2. The quantitative estimate of drug-likeness (QED) is 0.876. The Labute approximate surface area is 102 Å². The number of hydrogen-bond acceptors (Lipinski definition) is 4. The van der Waals surface area contributed by atoms with Crippen molar-refractivity contribution >= 4 is 9.84 Å².